The second kappa shape index (κ2) is 8.14. The zero-order chi connectivity index (χ0) is 17.5. The van der Waals surface area contributed by atoms with Gasteiger partial charge in [0, 0.05) is 5.02 Å². The Morgan fingerprint density at radius 2 is 1.88 bits per heavy atom. The monoisotopic (exact) mass is 342 g/mol. The topological polar surface area (TPSA) is 79.2 Å². The van der Waals surface area contributed by atoms with Crippen LogP contribution in [0.15, 0.2) is 48.5 Å². The maximum atomic E-state index is 11.9. The summed E-state index contributed by atoms with van der Waals surface area (Å²) >= 11 is 6.08. The number of nitrogens with zero attached hydrogens (tertiary/aromatic N) is 1. The van der Waals surface area contributed by atoms with E-state index in [0.29, 0.717) is 10.6 Å². The van der Waals surface area contributed by atoms with Crippen LogP contribution in [0.5, 0.6) is 0 Å². The van der Waals surface area contributed by atoms with Crippen molar-refractivity contribution in [3.8, 4) is 6.07 Å². The van der Waals surface area contributed by atoms with Gasteiger partial charge in [0.2, 0.25) is 0 Å². The molecular weight excluding hydrogens is 328 g/mol. The van der Waals surface area contributed by atoms with Gasteiger partial charge in [-0.2, -0.15) is 5.26 Å². The summed E-state index contributed by atoms with van der Waals surface area (Å²) in [7, 11) is 0. The molecule has 2 aromatic carbocycles. The summed E-state index contributed by atoms with van der Waals surface area (Å²) in [5.41, 5.74) is 1.50. The van der Waals surface area contributed by atoms with E-state index in [1.165, 1.54) is 24.3 Å². The summed E-state index contributed by atoms with van der Waals surface area (Å²) < 4.78 is 4.96. The van der Waals surface area contributed by atoms with Crippen LogP contribution in [0.1, 0.15) is 34.5 Å². The van der Waals surface area contributed by atoms with Crippen LogP contribution in [0.2, 0.25) is 5.02 Å². The third-order valence-corrected chi connectivity index (χ3v) is 3.68. The van der Waals surface area contributed by atoms with E-state index < -0.39 is 18.5 Å². The Balaban J connectivity index is 1.87. The fourth-order valence-electron chi connectivity index (χ4n) is 2.08. The molecule has 5 nitrogen and oxygen atoms in total. The van der Waals surface area contributed by atoms with E-state index in [1.807, 2.05) is 18.2 Å². The van der Waals surface area contributed by atoms with Crippen molar-refractivity contribution in [2.75, 3.05) is 6.61 Å². The first kappa shape index (κ1) is 17.5. The Hall–Kier alpha value is -2.84. The number of amides is 1. The van der Waals surface area contributed by atoms with Crippen molar-refractivity contribution >= 4 is 23.5 Å². The van der Waals surface area contributed by atoms with Gasteiger partial charge in [-0.15, -0.1) is 0 Å². The second-order valence-electron chi connectivity index (χ2n) is 5.08. The lowest BCUT2D eigenvalue weighted by Gasteiger charge is -2.15. The molecule has 2 aromatic rings. The first-order valence-electron chi connectivity index (χ1n) is 7.22. The lowest BCUT2D eigenvalue weighted by molar-refractivity contribution is -0.124. The zero-order valence-electron chi connectivity index (χ0n) is 13.0. The molecule has 122 valence electrons. The number of nitriles is 1. The Labute approximate surface area is 144 Å². The molecule has 1 N–H and O–H groups in total. The standard InChI is InChI=1S/C18H15ClN2O3/c1-12(15-4-2-3-5-16(15)19)21-17(22)11-24-18(23)14-8-6-13(10-20)7-9-14/h2-9,12H,11H2,1H3,(H,21,22)/t12-/m0/s1. The predicted octanol–water partition coefficient (Wildman–Crippen LogP) is 3.25. The Morgan fingerprint density at radius 1 is 1.21 bits per heavy atom. The number of ether oxygens (including phenoxy) is 1. The van der Waals surface area contributed by atoms with Gasteiger partial charge in [0.1, 0.15) is 0 Å². The number of nitrogens with one attached hydrogen (secondary N) is 1. The largest absolute Gasteiger partial charge is 0.452 e. The Morgan fingerprint density at radius 3 is 2.50 bits per heavy atom. The number of rotatable bonds is 5. The molecule has 2 rings (SSSR count). The zero-order valence-corrected chi connectivity index (χ0v) is 13.7. The van der Waals surface area contributed by atoms with Crippen molar-refractivity contribution in [1.29, 1.82) is 5.26 Å². The van der Waals surface area contributed by atoms with Crippen LogP contribution < -0.4 is 5.32 Å². The van der Waals surface area contributed by atoms with Crippen LogP contribution in [0.3, 0.4) is 0 Å². The van der Waals surface area contributed by atoms with E-state index in [2.05, 4.69) is 5.32 Å². The molecule has 0 spiro atoms. The van der Waals surface area contributed by atoms with E-state index in [9.17, 15) is 9.59 Å². The van der Waals surface area contributed by atoms with Crippen LogP contribution in [-0.2, 0) is 9.53 Å². The molecule has 0 unspecified atom stereocenters. The smallest absolute Gasteiger partial charge is 0.338 e. The number of hydrogen-bond acceptors (Lipinski definition) is 4. The first-order valence-corrected chi connectivity index (χ1v) is 7.60. The summed E-state index contributed by atoms with van der Waals surface area (Å²) in [5, 5.41) is 12.0. The minimum absolute atomic E-state index is 0.279. The van der Waals surface area contributed by atoms with E-state index >= 15 is 0 Å². The summed E-state index contributed by atoms with van der Waals surface area (Å²) in [5.74, 6) is -1.05. The summed E-state index contributed by atoms with van der Waals surface area (Å²) in [6.07, 6.45) is 0. The molecule has 1 amide bonds. The first-order chi connectivity index (χ1) is 11.5. The Kier molecular flexibility index (Phi) is 5.94. The highest BCUT2D eigenvalue weighted by atomic mass is 35.5. The molecule has 0 saturated heterocycles. The third kappa shape index (κ3) is 4.58. The fraction of sp³-hybridized carbons (Fsp3) is 0.167. The average Bonchev–Trinajstić information content (AvgIpc) is 2.60. The predicted molar refractivity (Wildman–Crippen MR) is 89.4 cm³/mol. The van der Waals surface area contributed by atoms with E-state index in [1.54, 1.807) is 19.1 Å². The number of halogens is 1. The molecule has 0 aliphatic carbocycles. The molecule has 0 saturated carbocycles. The maximum absolute atomic E-state index is 11.9. The highest BCUT2D eigenvalue weighted by molar-refractivity contribution is 6.31. The minimum atomic E-state index is -0.625. The summed E-state index contributed by atoms with van der Waals surface area (Å²) in [6.45, 7) is 1.40. The molecule has 0 aliphatic heterocycles. The van der Waals surface area contributed by atoms with Crippen molar-refractivity contribution in [2.45, 2.75) is 13.0 Å². The van der Waals surface area contributed by atoms with Gasteiger partial charge in [0.15, 0.2) is 6.61 Å². The van der Waals surface area contributed by atoms with Gasteiger partial charge < -0.3 is 10.1 Å². The lowest BCUT2D eigenvalue weighted by atomic mass is 10.1. The van der Waals surface area contributed by atoms with Crippen molar-refractivity contribution in [3.05, 3.63) is 70.2 Å². The number of esters is 1. The van der Waals surface area contributed by atoms with Gasteiger partial charge >= 0.3 is 5.97 Å². The highest BCUT2D eigenvalue weighted by Crippen LogP contribution is 2.21. The van der Waals surface area contributed by atoms with E-state index in [4.69, 9.17) is 21.6 Å². The number of carbonyl (C=O) groups is 2. The van der Waals surface area contributed by atoms with Crippen LogP contribution in [0.25, 0.3) is 0 Å². The van der Waals surface area contributed by atoms with Crippen LogP contribution in [0, 0.1) is 11.3 Å². The molecule has 1 atom stereocenters. The quantitative estimate of drug-likeness (QED) is 0.846. The maximum Gasteiger partial charge on any atom is 0.338 e. The van der Waals surface area contributed by atoms with E-state index in [0.717, 1.165) is 5.56 Å². The number of carbonyl (C=O) groups excluding carboxylic acids is 2. The third-order valence-electron chi connectivity index (χ3n) is 3.33. The van der Waals surface area contributed by atoms with E-state index in [-0.39, 0.29) is 11.6 Å². The highest BCUT2D eigenvalue weighted by Gasteiger charge is 2.14. The summed E-state index contributed by atoms with van der Waals surface area (Å²) in [4.78, 5) is 23.8. The molecule has 0 radical (unpaired) electrons. The fourth-order valence-corrected chi connectivity index (χ4v) is 2.38. The van der Waals surface area contributed by atoms with Gasteiger partial charge in [-0.3, -0.25) is 4.79 Å². The molecule has 0 aliphatic rings. The number of hydrogen-bond donors (Lipinski definition) is 1. The van der Waals surface area contributed by atoms with Crippen molar-refractivity contribution in [2.24, 2.45) is 0 Å². The normalized spacial score (nSPS) is 11.2. The molecule has 0 fully saturated rings. The molecule has 0 heterocycles. The minimum Gasteiger partial charge on any atom is -0.452 e. The van der Waals surface area contributed by atoms with Gasteiger partial charge in [0.25, 0.3) is 5.91 Å². The average molecular weight is 343 g/mol. The van der Waals surface area contributed by atoms with Crippen LogP contribution in [0.4, 0.5) is 0 Å². The van der Waals surface area contributed by atoms with Gasteiger partial charge in [0.05, 0.1) is 23.2 Å². The summed E-state index contributed by atoms with van der Waals surface area (Å²) in [6, 6.07) is 14.8. The van der Waals surface area contributed by atoms with Crippen molar-refractivity contribution < 1.29 is 14.3 Å². The number of benzene rings is 2. The molecule has 0 aromatic heterocycles. The SMILES string of the molecule is C[C@H](NC(=O)COC(=O)c1ccc(C#N)cc1)c1ccccc1Cl. The molecule has 6 heteroatoms. The van der Waals surface area contributed by atoms with Crippen molar-refractivity contribution in [3.63, 3.8) is 0 Å². The lowest BCUT2D eigenvalue weighted by Crippen LogP contribution is -2.31. The van der Waals surface area contributed by atoms with Gasteiger partial charge in [-0.25, -0.2) is 4.79 Å². The van der Waals surface area contributed by atoms with Crippen LogP contribution >= 0.6 is 11.6 Å². The van der Waals surface area contributed by atoms with Gasteiger partial charge in [-0.05, 0) is 42.8 Å². The second-order valence-corrected chi connectivity index (χ2v) is 5.48. The van der Waals surface area contributed by atoms with Gasteiger partial charge in [-0.1, -0.05) is 29.8 Å². The van der Waals surface area contributed by atoms with Crippen LogP contribution in [-0.4, -0.2) is 18.5 Å². The molecule has 24 heavy (non-hydrogen) atoms. The molecule has 0 bridgehead atoms. The Bertz CT molecular complexity index is 782. The molecular formula is C18H15ClN2O3. The van der Waals surface area contributed by atoms with Crippen molar-refractivity contribution in [1.82, 2.24) is 5.32 Å².